The largest absolute Gasteiger partial charge is 0.325 e. The molecule has 0 bridgehead atoms. The lowest BCUT2D eigenvalue weighted by molar-refractivity contribution is 0.601. The van der Waals surface area contributed by atoms with E-state index in [1.807, 2.05) is 24.4 Å². The minimum Gasteiger partial charge on any atom is -0.325 e. The van der Waals surface area contributed by atoms with Crippen molar-refractivity contribution in [2.45, 2.75) is 31.2 Å². The van der Waals surface area contributed by atoms with E-state index in [4.69, 9.17) is 5.73 Å². The topological polar surface area (TPSA) is 43.3 Å². The van der Waals surface area contributed by atoms with Gasteiger partial charge in [0.15, 0.2) is 0 Å². The van der Waals surface area contributed by atoms with Crippen LogP contribution in [0.4, 0.5) is 0 Å². The summed E-state index contributed by atoms with van der Waals surface area (Å²) in [7, 11) is 0. The number of hydrogen-bond donors (Lipinski definition) is 1. The van der Waals surface area contributed by atoms with Gasteiger partial charge >= 0.3 is 0 Å². The zero-order valence-electron chi connectivity index (χ0n) is 8.99. The van der Waals surface area contributed by atoms with Crippen LogP contribution in [0, 0.1) is 0 Å². The number of rotatable bonds is 3. The summed E-state index contributed by atoms with van der Waals surface area (Å²) >= 11 is 3.55. The molecule has 1 aliphatic carbocycles. The Hall–Kier alpha value is -0.870. The highest BCUT2D eigenvalue weighted by atomic mass is 79.9. The maximum absolute atomic E-state index is 6.10. The van der Waals surface area contributed by atoms with E-state index in [2.05, 4.69) is 25.3 Å². The minimum atomic E-state index is 0.116. The number of nitrogens with zero attached hydrogens (tertiary/aromatic N) is 2. The van der Waals surface area contributed by atoms with Crippen LogP contribution in [-0.4, -0.2) is 14.9 Å². The summed E-state index contributed by atoms with van der Waals surface area (Å²) in [6, 6.07) is 6.05. The predicted molar refractivity (Wildman–Crippen MR) is 67.4 cm³/mol. The van der Waals surface area contributed by atoms with E-state index in [1.165, 1.54) is 18.5 Å². The molecule has 1 aliphatic rings. The summed E-state index contributed by atoms with van der Waals surface area (Å²) in [5.41, 5.74) is 8.45. The van der Waals surface area contributed by atoms with Crippen molar-refractivity contribution < 1.29 is 0 Å². The van der Waals surface area contributed by atoms with Gasteiger partial charge in [0.1, 0.15) is 5.65 Å². The summed E-state index contributed by atoms with van der Waals surface area (Å²) < 4.78 is 3.20. The van der Waals surface area contributed by atoms with E-state index in [1.54, 1.807) is 0 Å². The molecular weight excluding hydrogens is 266 g/mol. The van der Waals surface area contributed by atoms with Crippen molar-refractivity contribution in [2.75, 3.05) is 0 Å². The minimum absolute atomic E-state index is 0.116. The molecule has 0 aromatic carbocycles. The third-order valence-electron chi connectivity index (χ3n) is 3.33. The number of imidazole rings is 1. The Bertz CT molecular complexity index is 528. The molecule has 0 saturated heterocycles. The first kappa shape index (κ1) is 10.3. The fourth-order valence-corrected chi connectivity index (χ4v) is 2.58. The van der Waals surface area contributed by atoms with E-state index < -0.39 is 0 Å². The van der Waals surface area contributed by atoms with Gasteiger partial charge < -0.3 is 5.73 Å². The second-order valence-electron chi connectivity index (χ2n) is 4.65. The molecule has 3 nitrogen and oxygen atoms in total. The van der Waals surface area contributed by atoms with Gasteiger partial charge in [-0.2, -0.15) is 0 Å². The van der Waals surface area contributed by atoms with Crippen LogP contribution in [-0.2, 0) is 6.42 Å². The maximum atomic E-state index is 6.10. The van der Waals surface area contributed by atoms with Crippen molar-refractivity contribution in [3.05, 3.63) is 34.7 Å². The molecule has 1 fully saturated rings. The molecule has 0 aliphatic heterocycles. The summed E-state index contributed by atoms with van der Waals surface area (Å²) in [6.07, 6.45) is 6.35. The molecule has 4 heteroatoms. The Morgan fingerprint density at radius 1 is 1.44 bits per heavy atom. The lowest BCUT2D eigenvalue weighted by atomic mass is 10.1. The molecule has 0 amide bonds. The molecule has 84 valence electrons. The molecule has 0 unspecified atom stereocenters. The highest BCUT2D eigenvalue weighted by Crippen LogP contribution is 2.36. The first-order valence-electron chi connectivity index (χ1n) is 5.58. The molecule has 0 atom stereocenters. The van der Waals surface area contributed by atoms with Gasteiger partial charge in [-0.25, -0.2) is 4.98 Å². The summed E-state index contributed by atoms with van der Waals surface area (Å²) in [5.74, 6) is 0. The van der Waals surface area contributed by atoms with Gasteiger partial charge in [0.25, 0.3) is 0 Å². The van der Waals surface area contributed by atoms with E-state index in [-0.39, 0.29) is 5.54 Å². The number of halogens is 1. The SMILES string of the molecule is NC1(CCc2cnc3cccc(Br)n23)CC1. The van der Waals surface area contributed by atoms with Crippen molar-refractivity contribution in [1.29, 1.82) is 0 Å². The van der Waals surface area contributed by atoms with Crippen molar-refractivity contribution in [3.63, 3.8) is 0 Å². The first-order chi connectivity index (χ1) is 7.68. The van der Waals surface area contributed by atoms with Gasteiger partial charge in [-0.05, 0) is 53.7 Å². The number of pyridine rings is 1. The second kappa shape index (κ2) is 3.57. The molecule has 2 aromatic rings. The number of fused-ring (bicyclic) bond motifs is 1. The summed E-state index contributed by atoms with van der Waals surface area (Å²) in [4.78, 5) is 4.39. The van der Waals surface area contributed by atoms with Gasteiger partial charge in [-0.1, -0.05) is 6.07 Å². The van der Waals surface area contributed by atoms with Crippen LogP contribution in [0.2, 0.25) is 0 Å². The van der Waals surface area contributed by atoms with Crippen molar-refractivity contribution in [3.8, 4) is 0 Å². The molecule has 2 heterocycles. The Morgan fingerprint density at radius 2 is 2.25 bits per heavy atom. The molecule has 2 aromatic heterocycles. The fourth-order valence-electron chi connectivity index (χ4n) is 2.02. The molecule has 0 spiro atoms. The quantitative estimate of drug-likeness (QED) is 0.878. The van der Waals surface area contributed by atoms with Crippen molar-refractivity contribution in [2.24, 2.45) is 5.73 Å². The van der Waals surface area contributed by atoms with Crippen LogP contribution >= 0.6 is 15.9 Å². The lowest BCUT2D eigenvalue weighted by Crippen LogP contribution is -2.22. The number of aromatic nitrogens is 2. The smallest absolute Gasteiger partial charge is 0.137 e. The molecule has 16 heavy (non-hydrogen) atoms. The van der Waals surface area contributed by atoms with E-state index in [0.717, 1.165) is 23.1 Å². The van der Waals surface area contributed by atoms with E-state index in [0.29, 0.717) is 0 Å². The monoisotopic (exact) mass is 279 g/mol. The van der Waals surface area contributed by atoms with Gasteiger partial charge in [-0.3, -0.25) is 4.40 Å². The summed E-state index contributed by atoms with van der Waals surface area (Å²) in [6.45, 7) is 0. The van der Waals surface area contributed by atoms with Crippen LogP contribution in [0.1, 0.15) is 25.0 Å². The van der Waals surface area contributed by atoms with Crippen LogP contribution < -0.4 is 5.73 Å². The number of aryl methyl sites for hydroxylation is 1. The van der Waals surface area contributed by atoms with E-state index in [9.17, 15) is 0 Å². The van der Waals surface area contributed by atoms with E-state index >= 15 is 0 Å². The van der Waals surface area contributed by atoms with Gasteiger partial charge in [0, 0.05) is 17.4 Å². The van der Waals surface area contributed by atoms with Crippen LogP contribution in [0.25, 0.3) is 5.65 Å². The van der Waals surface area contributed by atoms with Crippen LogP contribution in [0.15, 0.2) is 29.0 Å². The van der Waals surface area contributed by atoms with Crippen molar-refractivity contribution >= 4 is 21.6 Å². The lowest BCUT2D eigenvalue weighted by Gasteiger charge is -2.08. The fraction of sp³-hybridized carbons (Fsp3) is 0.417. The van der Waals surface area contributed by atoms with Crippen LogP contribution in [0.5, 0.6) is 0 Å². The Labute approximate surface area is 103 Å². The molecule has 2 N–H and O–H groups in total. The Kier molecular flexibility index (Phi) is 2.30. The standard InChI is InChI=1S/C12H14BrN3/c13-10-2-1-3-11-15-8-9(16(10)11)4-5-12(14)6-7-12/h1-3,8H,4-7,14H2. The normalized spacial score (nSPS) is 17.9. The first-order valence-corrected chi connectivity index (χ1v) is 6.37. The van der Waals surface area contributed by atoms with Crippen LogP contribution in [0.3, 0.4) is 0 Å². The number of nitrogens with two attached hydrogens (primary N) is 1. The summed E-state index contributed by atoms with van der Waals surface area (Å²) in [5, 5.41) is 0. The van der Waals surface area contributed by atoms with Gasteiger partial charge in [0.2, 0.25) is 0 Å². The third kappa shape index (κ3) is 1.76. The zero-order chi connectivity index (χ0) is 11.2. The third-order valence-corrected chi connectivity index (χ3v) is 3.95. The zero-order valence-corrected chi connectivity index (χ0v) is 10.6. The molecular formula is C12H14BrN3. The van der Waals surface area contributed by atoms with Gasteiger partial charge in [-0.15, -0.1) is 0 Å². The average Bonchev–Trinajstić information content (AvgIpc) is 2.86. The highest BCUT2D eigenvalue weighted by Gasteiger charge is 2.37. The maximum Gasteiger partial charge on any atom is 0.137 e. The van der Waals surface area contributed by atoms with Crippen molar-refractivity contribution in [1.82, 2.24) is 9.38 Å². The van der Waals surface area contributed by atoms with Gasteiger partial charge in [0.05, 0.1) is 4.60 Å². The average molecular weight is 280 g/mol. The Morgan fingerprint density at radius 3 is 3.00 bits per heavy atom. The molecule has 0 radical (unpaired) electrons. The number of hydrogen-bond acceptors (Lipinski definition) is 2. The molecule has 3 rings (SSSR count). The molecule has 1 saturated carbocycles. The predicted octanol–water partition coefficient (Wildman–Crippen LogP) is 2.52. The highest BCUT2D eigenvalue weighted by molar-refractivity contribution is 9.10. The second-order valence-corrected chi connectivity index (χ2v) is 5.47. The Balaban J connectivity index is 1.91.